The van der Waals surface area contributed by atoms with Crippen LogP contribution in [0, 0.1) is 0 Å². The quantitative estimate of drug-likeness (QED) is 0.0321. The summed E-state index contributed by atoms with van der Waals surface area (Å²) in [5.74, 6) is -0.0850. The largest absolute Gasteiger partial charge is 0.466 e. The van der Waals surface area contributed by atoms with E-state index in [-0.39, 0.29) is 18.5 Å². The van der Waals surface area contributed by atoms with Gasteiger partial charge in [0.2, 0.25) is 5.91 Å². The second-order valence-corrected chi connectivity index (χ2v) is 21.8. The number of unbranched alkanes of at least 4 members (excludes halogenated alkanes) is 48. The fraction of sp³-hybridized carbons (Fsp3) is 0.937. The molecule has 0 aromatic heterocycles. The number of esters is 1. The number of aliphatic hydroxyl groups is 2. The average Bonchev–Trinajstić information content (AvgIpc) is 3.35. The van der Waals surface area contributed by atoms with E-state index in [1.807, 2.05) is 6.08 Å². The van der Waals surface area contributed by atoms with Gasteiger partial charge in [0.1, 0.15) is 0 Å². The topological polar surface area (TPSA) is 95.9 Å². The molecule has 6 nitrogen and oxygen atoms in total. The first-order valence-electron chi connectivity index (χ1n) is 31.5. The Balaban J connectivity index is 3.46. The lowest BCUT2D eigenvalue weighted by Crippen LogP contribution is -2.45. The van der Waals surface area contributed by atoms with Crippen LogP contribution < -0.4 is 5.32 Å². The number of amides is 1. The van der Waals surface area contributed by atoms with E-state index in [1.54, 1.807) is 6.08 Å². The van der Waals surface area contributed by atoms with Gasteiger partial charge in [-0.15, -0.1) is 0 Å². The highest BCUT2D eigenvalue weighted by Crippen LogP contribution is 2.18. The van der Waals surface area contributed by atoms with Gasteiger partial charge in [0.15, 0.2) is 0 Å². The van der Waals surface area contributed by atoms with Crippen LogP contribution in [0.3, 0.4) is 0 Å². The molecular weight excluding hydrogens is 851 g/mol. The molecule has 0 aromatic rings. The van der Waals surface area contributed by atoms with Crippen molar-refractivity contribution in [1.29, 1.82) is 0 Å². The molecule has 0 saturated carbocycles. The number of nitrogens with one attached hydrogen (secondary N) is 1. The van der Waals surface area contributed by atoms with Gasteiger partial charge in [-0.05, 0) is 32.1 Å². The maximum absolute atomic E-state index is 12.5. The average molecular weight is 975 g/mol. The first-order chi connectivity index (χ1) is 34.0. The minimum absolute atomic E-state index is 0.00609. The molecule has 0 saturated heterocycles. The molecule has 0 rings (SSSR count). The van der Waals surface area contributed by atoms with Crippen LogP contribution >= 0.6 is 0 Å². The number of hydrogen-bond donors (Lipinski definition) is 3. The molecule has 0 aliphatic carbocycles. The standard InChI is InChI=1S/C63H123NO5/c1-3-5-7-9-11-13-15-17-19-21-22-23-24-25-26-27-28-29-31-35-39-43-47-51-55-61(66)60(59-65)64-62(67)56-52-48-44-40-36-33-34-38-42-46-50-54-58-69-63(68)57-53-49-45-41-37-32-30-20-18-16-14-12-10-8-6-4-2/h51,55,60-61,65-66H,3-50,52-54,56-59H2,1-2H3,(H,64,67)/b55-51+. The predicted octanol–water partition coefficient (Wildman–Crippen LogP) is 19.6. The predicted molar refractivity (Wildman–Crippen MR) is 301 cm³/mol. The summed E-state index contributed by atoms with van der Waals surface area (Å²) in [6.45, 7) is 4.91. The molecule has 410 valence electrons. The normalized spacial score (nSPS) is 12.6. The summed E-state index contributed by atoms with van der Waals surface area (Å²) in [5, 5.41) is 23.2. The van der Waals surface area contributed by atoms with E-state index in [9.17, 15) is 19.8 Å². The Labute approximate surface area is 431 Å². The fourth-order valence-electron chi connectivity index (χ4n) is 9.99. The number of ether oxygens (including phenoxy) is 1. The van der Waals surface area contributed by atoms with Crippen molar-refractivity contribution in [3.8, 4) is 0 Å². The monoisotopic (exact) mass is 974 g/mol. The van der Waals surface area contributed by atoms with Crippen molar-refractivity contribution in [1.82, 2.24) is 5.32 Å². The Morgan fingerprint density at radius 3 is 0.986 bits per heavy atom. The third kappa shape index (κ3) is 55.8. The first-order valence-corrected chi connectivity index (χ1v) is 31.5. The van der Waals surface area contributed by atoms with E-state index in [4.69, 9.17) is 4.74 Å². The van der Waals surface area contributed by atoms with Gasteiger partial charge in [0.25, 0.3) is 0 Å². The smallest absolute Gasteiger partial charge is 0.305 e. The molecule has 0 aliphatic heterocycles. The fourth-order valence-corrected chi connectivity index (χ4v) is 9.99. The summed E-state index contributed by atoms with van der Waals surface area (Å²) in [6, 6.07) is -0.640. The molecule has 6 heteroatoms. The van der Waals surface area contributed by atoms with E-state index in [0.29, 0.717) is 19.4 Å². The molecule has 0 aromatic carbocycles. The van der Waals surface area contributed by atoms with Gasteiger partial charge in [-0.2, -0.15) is 0 Å². The molecule has 2 unspecified atom stereocenters. The number of allylic oxidation sites excluding steroid dienone is 1. The van der Waals surface area contributed by atoms with Gasteiger partial charge < -0.3 is 20.3 Å². The van der Waals surface area contributed by atoms with Crippen LogP contribution in [0.2, 0.25) is 0 Å². The van der Waals surface area contributed by atoms with Crippen molar-refractivity contribution < 1.29 is 24.5 Å². The third-order valence-corrected chi connectivity index (χ3v) is 14.8. The molecule has 1 amide bonds. The second-order valence-electron chi connectivity index (χ2n) is 21.8. The van der Waals surface area contributed by atoms with Gasteiger partial charge >= 0.3 is 5.97 Å². The zero-order chi connectivity index (χ0) is 50.0. The minimum atomic E-state index is -0.855. The van der Waals surface area contributed by atoms with Gasteiger partial charge in [-0.1, -0.05) is 321 Å². The highest BCUT2D eigenvalue weighted by atomic mass is 16.5. The molecule has 2 atom stereocenters. The van der Waals surface area contributed by atoms with Crippen molar-refractivity contribution in [2.45, 2.75) is 366 Å². The van der Waals surface area contributed by atoms with Crippen LogP contribution in [-0.4, -0.2) is 47.4 Å². The number of rotatable bonds is 59. The molecule has 0 heterocycles. The lowest BCUT2D eigenvalue weighted by molar-refractivity contribution is -0.143. The van der Waals surface area contributed by atoms with Crippen molar-refractivity contribution in [2.75, 3.05) is 13.2 Å². The van der Waals surface area contributed by atoms with Crippen LogP contribution in [0.1, 0.15) is 354 Å². The Morgan fingerprint density at radius 1 is 0.391 bits per heavy atom. The van der Waals surface area contributed by atoms with Gasteiger partial charge in [-0.3, -0.25) is 9.59 Å². The van der Waals surface area contributed by atoms with E-state index >= 15 is 0 Å². The number of carbonyl (C=O) groups excluding carboxylic acids is 2. The van der Waals surface area contributed by atoms with E-state index in [1.165, 1.54) is 270 Å². The van der Waals surface area contributed by atoms with Crippen molar-refractivity contribution in [3.05, 3.63) is 12.2 Å². The lowest BCUT2D eigenvalue weighted by atomic mass is 10.0. The highest BCUT2D eigenvalue weighted by Gasteiger charge is 2.18. The van der Waals surface area contributed by atoms with E-state index < -0.39 is 12.1 Å². The van der Waals surface area contributed by atoms with Crippen LogP contribution in [0.4, 0.5) is 0 Å². The zero-order valence-electron chi connectivity index (χ0n) is 46.8. The summed E-state index contributed by atoms with van der Waals surface area (Å²) < 4.78 is 5.48. The highest BCUT2D eigenvalue weighted by molar-refractivity contribution is 5.76. The molecule has 0 fully saturated rings. The first kappa shape index (κ1) is 67.6. The van der Waals surface area contributed by atoms with Crippen molar-refractivity contribution >= 4 is 11.9 Å². The van der Waals surface area contributed by atoms with Crippen molar-refractivity contribution in [3.63, 3.8) is 0 Å². The summed E-state index contributed by atoms with van der Waals surface area (Å²) in [4.78, 5) is 24.6. The minimum Gasteiger partial charge on any atom is -0.466 e. The number of carbonyl (C=O) groups is 2. The van der Waals surface area contributed by atoms with Crippen LogP contribution in [0.5, 0.6) is 0 Å². The van der Waals surface area contributed by atoms with Crippen LogP contribution in [-0.2, 0) is 14.3 Å². The maximum Gasteiger partial charge on any atom is 0.305 e. The Kier molecular flexibility index (Phi) is 58.0. The molecule has 0 radical (unpaired) electrons. The Hall–Kier alpha value is -1.40. The SMILES string of the molecule is CCCCCCCCCCCCCCCCCCCCCCCC/C=C/C(O)C(CO)NC(=O)CCCCCCCCCCCCCCOC(=O)CCCCCCCCCCCCCCCCCC. The summed E-state index contributed by atoms with van der Waals surface area (Å²) in [6.07, 6.45) is 71.0. The summed E-state index contributed by atoms with van der Waals surface area (Å²) >= 11 is 0. The molecular formula is C63H123NO5. The molecule has 0 bridgehead atoms. The lowest BCUT2D eigenvalue weighted by Gasteiger charge is -2.20. The Morgan fingerprint density at radius 2 is 0.667 bits per heavy atom. The summed E-state index contributed by atoms with van der Waals surface area (Å²) in [7, 11) is 0. The van der Waals surface area contributed by atoms with Gasteiger partial charge in [-0.25, -0.2) is 0 Å². The zero-order valence-corrected chi connectivity index (χ0v) is 46.8. The number of hydrogen-bond acceptors (Lipinski definition) is 5. The second kappa shape index (κ2) is 59.2. The van der Waals surface area contributed by atoms with Crippen LogP contribution in [0.25, 0.3) is 0 Å². The van der Waals surface area contributed by atoms with Crippen molar-refractivity contribution in [2.24, 2.45) is 0 Å². The molecule has 69 heavy (non-hydrogen) atoms. The molecule has 0 spiro atoms. The maximum atomic E-state index is 12.5. The Bertz CT molecular complexity index is 1030. The van der Waals surface area contributed by atoms with Crippen LogP contribution in [0.15, 0.2) is 12.2 Å². The molecule has 0 aliphatic rings. The van der Waals surface area contributed by atoms with Gasteiger partial charge in [0.05, 0.1) is 25.4 Å². The molecule has 3 N–H and O–H groups in total. The van der Waals surface area contributed by atoms with Gasteiger partial charge in [0, 0.05) is 12.8 Å². The van der Waals surface area contributed by atoms with E-state index in [2.05, 4.69) is 19.2 Å². The summed E-state index contributed by atoms with van der Waals surface area (Å²) in [5.41, 5.74) is 0. The number of aliphatic hydroxyl groups excluding tert-OH is 2. The third-order valence-electron chi connectivity index (χ3n) is 14.8. The van der Waals surface area contributed by atoms with E-state index in [0.717, 1.165) is 57.8 Å².